The van der Waals surface area contributed by atoms with Crippen molar-refractivity contribution in [2.24, 2.45) is 0 Å². The van der Waals surface area contributed by atoms with Crippen LogP contribution in [0.15, 0.2) is 119 Å². The van der Waals surface area contributed by atoms with Gasteiger partial charge >= 0.3 is 11.9 Å². The number of halogens is 2. The Hall–Kier alpha value is -4.46. The Bertz CT molecular complexity index is 2000. The molecule has 14 nitrogen and oxygen atoms in total. The Morgan fingerprint density at radius 2 is 0.870 bits per heavy atom. The van der Waals surface area contributed by atoms with Crippen molar-refractivity contribution in [2.75, 3.05) is 33.2 Å². The van der Waals surface area contributed by atoms with Crippen molar-refractivity contribution in [3.05, 3.63) is 119 Å². The second-order valence-corrected chi connectivity index (χ2v) is 18.2. The fourth-order valence-corrected chi connectivity index (χ4v) is 10.1. The Balaban J connectivity index is 1.38. The molecule has 2 amide bonds. The van der Waals surface area contributed by atoms with Gasteiger partial charge in [-0.2, -0.15) is 0 Å². The summed E-state index contributed by atoms with van der Waals surface area (Å²) >= 11 is 11.9. The van der Waals surface area contributed by atoms with Crippen LogP contribution in [0.25, 0.3) is 0 Å². The van der Waals surface area contributed by atoms with Crippen molar-refractivity contribution in [2.45, 2.75) is 21.9 Å². The molecule has 54 heavy (non-hydrogen) atoms. The fourth-order valence-electron chi connectivity index (χ4n) is 4.61. The predicted molar refractivity (Wildman–Crippen MR) is 209 cm³/mol. The molecule has 2 atom stereocenters. The van der Waals surface area contributed by atoms with E-state index in [1.165, 1.54) is 97.1 Å². The second kappa shape index (κ2) is 19.2. The Labute approximate surface area is 329 Å². The highest BCUT2D eigenvalue weighted by Crippen LogP contribution is 2.27. The molecule has 0 aliphatic rings. The SMILES string of the molecule is O=C(CN(c1ccc(Cl)cc1)S(=O)(=O)c1ccccc1)N[C@@H](CSSC[C@@H](NC(=O)CN(c1ccc(Cl)cc1)S(=O)(=O)c1ccccc1)C(=O)O)C(=O)O. The molecule has 0 spiro atoms. The molecule has 0 aliphatic carbocycles. The first-order valence-electron chi connectivity index (χ1n) is 15.5. The van der Waals surface area contributed by atoms with Crippen molar-refractivity contribution >= 4 is 100.0 Å². The number of aliphatic carboxylic acids is 2. The third kappa shape index (κ3) is 11.5. The lowest BCUT2D eigenvalue weighted by atomic mass is 10.3. The van der Waals surface area contributed by atoms with Gasteiger partial charge in [-0.1, -0.05) is 81.2 Å². The summed E-state index contributed by atoms with van der Waals surface area (Å²) < 4.78 is 55.7. The van der Waals surface area contributed by atoms with Gasteiger partial charge in [-0.25, -0.2) is 26.4 Å². The van der Waals surface area contributed by atoms with Gasteiger partial charge in [0.1, 0.15) is 25.2 Å². The van der Waals surface area contributed by atoms with Gasteiger partial charge in [-0.05, 0) is 72.8 Å². The van der Waals surface area contributed by atoms with Crippen LogP contribution in [-0.4, -0.2) is 87.5 Å². The number of nitrogens with one attached hydrogen (secondary N) is 2. The lowest BCUT2D eigenvalue weighted by molar-refractivity contribution is -0.141. The van der Waals surface area contributed by atoms with Crippen LogP contribution in [0.2, 0.25) is 10.0 Å². The van der Waals surface area contributed by atoms with E-state index in [0.29, 0.717) is 10.0 Å². The van der Waals surface area contributed by atoms with Crippen LogP contribution in [0.3, 0.4) is 0 Å². The highest BCUT2D eigenvalue weighted by Gasteiger charge is 2.31. The number of carbonyl (C=O) groups excluding carboxylic acids is 2. The summed E-state index contributed by atoms with van der Waals surface area (Å²) in [6, 6.07) is 22.9. The van der Waals surface area contributed by atoms with E-state index in [0.717, 1.165) is 30.2 Å². The number of carbonyl (C=O) groups is 4. The number of carboxylic acids is 2. The second-order valence-electron chi connectivity index (χ2n) is 11.1. The number of hydrogen-bond donors (Lipinski definition) is 4. The minimum absolute atomic E-state index is 0.103. The first kappa shape index (κ1) is 42.3. The topological polar surface area (TPSA) is 208 Å². The first-order chi connectivity index (χ1) is 25.6. The van der Waals surface area contributed by atoms with E-state index >= 15 is 0 Å². The van der Waals surface area contributed by atoms with Gasteiger partial charge in [0, 0.05) is 21.6 Å². The molecule has 0 bridgehead atoms. The van der Waals surface area contributed by atoms with E-state index in [9.17, 15) is 46.2 Å². The maximum absolute atomic E-state index is 13.5. The minimum atomic E-state index is -4.27. The Morgan fingerprint density at radius 3 is 1.17 bits per heavy atom. The Kier molecular flexibility index (Phi) is 15.1. The summed E-state index contributed by atoms with van der Waals surface area (Å²) in [6.45, 7) is -1.55. The van der Waals surface area contributed by atoms with Gasteiger partial charge in [0.15, 0.2) is 0 Å². The molecular formula is C34H32Cl2N4O10S4. The normalized spacial score (nSPS) is 12.6. The summed E-state index contributed by atoms with van der Waals surface area (Å²) in [4.78, 5) is 50.1. The molecular weight excluding hydrogens is 824 g/mol. The van der Waals surface area contributed by atoms with Gasteiger partial charge in [0.25, 0.3) is 20.0 Å². The van der Waals surface area contributed by atoms with E-state index in [4.69, 9.17) is 23.2 Å². The molecule has 0 unspecified atom stereocenters. The van der Waals surface area contributed by atoms with Crippen LogP contribution in [0.5, 0.6) is 0 Å². The minimum Gasteiger partial charge on any atom is -0.480 e. The van der Waals surface area contributed by atoms with Crippen molar-refractivity contribution in [1.82, 2.24) is 10.6 Å². The standard InChI is InChI=1S/C34H32Cl2N4O10S4/c35-23-11-15-25(16-12-23)39(53(47,48)27-7-3-1-4-8-27)19-31(41)37-29(33(43)44)21-51-52-22-30(34(45)46)38-32(42)20-40(26-17-13-24(36)14-18-26)54(49,50)28-9-5-2-6-10-28/h1-18,29-30H,19-22H2,(H,37,41)(H,38,42)(H,43,44)(H,45,46)/t29-,30+. The van der Waals surface area contributed by atoms with Gasteiger partial charge < -0.3 is 20.8 Å². The van der Waals surface area contributed by atoms with E-state index in [-0.39, 0.29) is 32.7 Å². The molecule has 0 saturated heterocycles. The number of anilines is 2. The van der Waals surface area contributed by atoms with E-state index in [2.05, 4.69) is 10.6 Å². The number of hydrogen-bond acceptors (Lipinski definition) is 10. The third-order valence-electron chi connectivity index (χ3n) is 7.29. The zero-order chi connectivity index (χ0) is 39.5. The average Bonchev–Trinajstić information content (AvgIpc) is 3.15. The average molecular weight is 856 g/mol. The van der Waals surface area contributed by atoms with Gasteiger partial charge in [-0.15, -0.1) is 0 Å². The largest absolute Gasteiger partial charge is 0.480 e. The molecule has 20 heteroatoms. The van der Waals surface area contributed by atoms with Crippen molar-refractivity contribution in [3.63, 3.8) is 0 Å². The van der Waals surface area contributed by atoms with E-state index < -0.39 is 69.0 Å². The number of sulfonamides is 2. The number of rotatable bonds is 19. The van der Waals surface area contributed by atoms with Crippen LogP contribution in [-0.2, 0) is 39.2 Å². The van der Waals surface area contributed by atoms with Gasteiger partial charge in [-0.3, -0.25) is 18.2 Å². The van der Waals surface area contributed by atoms with Gasteiger partial charge in [0.05, 0.1) is 21.2 Å². The maximum atomic E-state index is 13.5. The number of benzene rings is 4. The monoisotopic (exact) mass is 854 g/mol. The van der Waals surface area contributed by atoms with E-state index in [1.54, 1.807) is 12.1 Å². The fraction of sp³-hybridized carbons (Fsp3) is 0.176. The van der Waals surface area contributed by atoms with Crippen molar-refractivity contribution in [3.8, 4) is 0 Å². The maximum Gasteiger partial charge on any atom is 0.327 e. The molecule has 0 heterocycles. The van der Waals surface area contributed by atoms with Crippen LogP contribution >= 0.6 is 44.8 Å². The molecule has 4 rings (SSSR count). The van der Waals surface area contributed by atoms with Crippen molar-refractivity contribution < 1.29 is 46.2 Å². The first-order valence-corrected chi connectivity index (χ1v) is 21.7. The third-order valence-corrected chi connectivity index (χ3v) is 13.8. The molecule has 286 valence electrons. The lowest BCUT2D eigenvalue weighted by Crippen LogP contribution is -2.48. The zero-order valence-corrected chi connectivity index (χ0v) is 32.6. The summed E-state index contributed by atoms with van der Waals surface area (Å²) in [5, 5.41) is 24.8. The van der Waals surface area contributed by atoms with Crippen molar-refractivity contribution in [1.29, 1.82) is 0 Å². The number of nitrogens with zero attached hydrogens (tertiary/aromatic N) is 2. The highest BCUT2D eigenvalue weighted by molar-refractivity contribution is 8.76. The lowest BCUT2D eigenvalue weighted by Gasteiger charge is -2.25. The van der Waals surface area contributed by atoms with Crippen LogP contribution in [0.1, 0.15) is 0 Å². The molecule has 0 fully saturated rings. The number of carboxylic acid groups (broad SMARTS) is 2. The van der Waals surface area contributed by atoms with Crippen LogP contribution in [0, 0.1) is 0 Å². The molecule has 4 aromatic rings. The Morgan fingerprint density at radius 1 is 0.556 bits per heavy atom. The number of amides is 2. The molecule has 0 saturated carbocycles. The summed E-state index contributed by atoms with van der Waals surface area (Å²) in [6.07, 6.45) is 0. The molecule has 0 aliphatic heterocycles. The zero-order valence-electron chi connectivity index (χ0n) is 27.8. The molecule has 4 N–H and O–H groups in total. The van der Waals surface area contributed by atoms with Gasteiger partial charge in [0.2, 0.25) is 11.8 Å². The molecule has 0 radical (unpaired) electrons. The molecule has 4 aromatic carbocycles. The summed E-state index contributed by atoms with van der Waals surface area (Å²) in [5.74, 6) is -5.31. The van der Waals surface area contributed by atoms with E-state index in [1.807, 2.05) is 0 Å². The smallest absolute Gasteiger partial charge is 0.327 e. The highest BCUT2D eigenvalue weighted by atomic mass is 35.5. The van der Waals surface area contributed by atoms with Crippen LogP contribution in [0.4, 0.5) is 11.4 Å². The quantitative estimate of drug-likeness (QED) is 0.0754. The summed E-state index contributed by atoms with van der Waals surface area (Å²) in [5.41, 5.74) is 0.205. The molecule has 0 aromatic heterocycles. The predicted octanol–water partition coefficient (Wildman–Crippen LogP) is 4.60. The summed E-state index contributed by atoms with van der Waals surface area (Å²) in [7, 11) is -6.79. The van der Waals surface area contributed by atoms with Crippen LogP contribution < -0.4 is 19.2 Å².